The van der Waals surface area contributed by atoms with Crippen molar-refractivity contribution in [2.75, 3.05) is 0 Å². The highest BCUT2D eigenvalue weighted by molar-refractivity contribution is 5.49. The molecule has 0 spiro atoms. The minimum Gasteiger partial charge on any atom is -0.303 e. The molecule has 0 aromatic heterocycles. The van der Waals surface area contributed by atoms with Gasteiger partial charge in [0.05, 0.1) is 0 Å². The molecule has 0 radical (unpaired) electrons. The highest BCUT2D eigenvalue weighted by Gasteiger charge is 1.98. The first-order chi connectivity index (χ1) is 5.16. The van der Waals surface area contributed by atoms with Crippen molar-refractivity contribution in [3.63, 3.8) is 0 Å². The second-order valence-electron chi connectivity index (χ2n) is 3.37. The van der Waals surface area contributed by atoms with Gasteiger partial charge in [0.1, 0.15) is 6.29 Å². The van der Waals surface area contributed by atoms with E-state index < -0.39 is 0 Å². The number of carbonyl (C=O) groups excluding carboxylic acids is 1. The third-order valence-electron chi connectivity index (χ3n) is 1.71. The molecule has 0 N–H and O–H groups in total. The van der Waals surface area contributed by atoms with Crippen molar-refractivity contribution < 1.29 is 4.79 Å². The SMILES string of the molecule is C.CC(C)=CCCC(C)CC=O. The van der Waals surface area contributed by atoms with Crippen molar-refractivity contribution in [3.05, 3.63) is 11.6 Å². The Labute approximate surface area is 76.9 Å². The van der Waals surface area contributed by atoms with Crippen molar-refractivity contribution >= 4 is 6.29 Å². The van der Waals surface area contributed by atoms with Crippen LogP contribution in [0, 0.1) is 5.92 Å². The third kappa shape index (κ3) is 9.41. The van der Waals surface area contributed by atoms with Gasteiger partial charge in [-0.15, -0.1) is 0 Å². The fourth-order valence-electron chi connectivity index (χ4n) is 0.939. The molecule has 0 heterocycles. The Morgan fingerprint density at radius 2 is 2.00 bits per heavy atom. The maximum Gasteiger partial charge on any atom is 0.120 e. The van der Waals surface area contributed by atoms with Crippen LogP contribution in [0.4, 0.5) is 0 Å². The molecule has 0 aromatic rings. The Hall–Kier alpha value is -0.590. The number of aldehydes is 1. The first kappa shape index (κ1) is 14.0. The first-order valence-electron chi connectivity index (χ1n) is 4.23. The van der Waals surface area contributed by atoms with Crippen molar-refractivity contribution in [1.29, 1.82) is 0 Å². The summed E-state index contributed by atoms with van der Waals surface area (Å²) in [5, 5.41) is 0. The van der Waals surface area contributed by atoms with Gasteiger partial charge in [-0.3, -0.25) is 0 Å². The Balaban J connectivity index is 0. The van der Waals surface area contributed by atoms with Crippen molar-refractivity contribution in [1.82, 2.24) is 0 Å². The minimum absolute atomic E-state index is 0. The zero-order chi connectivity index (χ0) is 8.69. The monoisotopic (exact) mass is 170 g/mol. The van der Waals surface area contributed by atoms with E-state index >= 15 is 0 Å². The number of allylic oxidation sites excluding steroid dienone is 2. The highest BCUT2D eigenvalue weighted by atomic mass is 16.1. The summed E-state index contributed by atoms with van der Waals surface area (Å²) < 4.78 is 0. The van der Waals surface area contributed by atoms with Gasteiger partial charge in [0.15, 0.2) is 0 Å². The molecule has 0 rings (SSSR count). The average Bonchev–Trinajstić information content (AvgIpc) is 1.87. The third-order valence-corrected chi connectivity index (χ3v) is 1.71. The van der Waals surface area contributed by atoms with Gasteiger partial charge in [-0.2, -0.15) is 0 Å². The van der Waals surface area contributed by atoms with E-state index in [1.165, 1.54) is 5.57 Å². The summed E-state index contributed by atoms with van der Waals surface area (Å²) >= 11 is 0. The lowest BCUT2D eigenvalue weighted by Crippen LogP contribution is -1.93. The van der Waals surface area contributed by atoms with Gasteiger partial charge in [0.25, 0.3) is 0 Å². The maximum absolute atomic E-state index is 10.1. The molecule has 72 valence electrons. The van der Waals surface area contributed by atoms with Crippen LogP contribution in [0.5, 0.6) is 0 Å². The van der Waals surface area contributed by atoms with E-state index in [4.69, 9.17) is 0 Å². The van der Waals surface area contributed by atoms with E-state index in [1.54, 1.807) is 0 Å². The quantitative estimate of drug-likeness (QED) is 0.455. The molecule has 0 aliphatic carbocycles. The molecule has 0 aliphatic heterocycles. The molecule has 1 nitrogen and oxygen atoms in total. The summed E-state index contributed by atoms with van der Waals surface area (Å²) in [6.45, 7) is 6.32. The van der Waals surface area contributed by atoms with Crippen LogP contribution in [0.3, 0.4) is 0 Å². The molecule has 0 bridgehead atoms. The van der Waals surface area contributed by atoms with Gasteiger partial charge in [0, 0.05) is 6.42 Å². The van der Waals surface area contributed by atoms with Gasteiger partial charge in [-0.05, 0) is 32.6 Å². The average molecular weight is 170 g/mol. The number of hydrogen-bond acceptors (Lipinski definition) is 1. The molecular formula is C11H22O. The summed E-state index contributed by atoms with van der Waals surface area (Å²) in [4.78, 5) is 10.1. The van der Waals surface area contributed by atoms with Crippen LogP contribution >= 0.6 is 0 Å². The topological polar surface area (TPSA) is 17.1 Å². The molecule has 1 atom stereocenters. The van der Waals surface area contributed by atoms with Gasteiger partial charge < -0.3 is 4.79 Å². The van der Waals surface area contributed by atoms with E-state index in [0.29, 0.717) is 12.3 Å². The number of hydrogen-bond donors (Lipinski definition) is 0. The summed E-state index contributed by atoms with van der Waals surface area (Å²) in [6.07, 6.45) is 6.17. The Morgan fingerprint density at radius 3 is 2.42 bits per heavy atom. The van der Waals surface area contributed by atoms with Crippen molar-refractivity contribution in [2.24, 2.45) is 5.92 Å². The second-order valence-corrected chi connectivity index (χ2v) is 3.37. The lowest BCUT2D eigenvalue weighted by atomic mass is 10.0. The van der Waals surface area contributed by atoms with E-state index in [1.807, 2.05) is 0 Å². The van der Waals surface area contributed by atoms with Crippen LogP contribution in [-0.2, 0) is 4.79 Å². The Kier molecular flexibility index (Phi) is 9.90. The molecule has 0 saturated carbocycles. The lowest BCUT2D eigenvalue weighted by Gasteiger charge is -2.03. The van der Waals surface area contributed by atoms with Gasteiger partial charge in [0.2, 0.25) is 0 Å². The fraction of sp³-hybridized carbons (Fsp3) is 0.727. The van der Waals surface area contributed by atoms with Crippen LogP contribution in [0.1, 0.15) is 47.5 Å². The fourth-order valence-corrected chi connectivity index (χ4v) is 0.939. The summed E-state index contributed by atoms with van der Waals surface area (Å²) in [7, 11) is 0. The maximum atomic E-state index is 10.1. The molecule has 1 unspecified atom stereocenters. The van der Waals surface area contributed by atoms with E-state index in [9.17, 15) is 4.79 Å². The molecule has 0 amide bonds. The van der Waals surface area contributed by atoms with E-state index in [-0.39, 0.29) is 7.43 Å². The van der Waals surface area contributed by atoms with Crippen molar-refractivity contribution in [3.8, 4) is 0 Å². The molecule has 0 aromatic carbocycles. The number of carbonyl (C=O) groups is 1. The zero-order valence-electron chi connectivity index (χ0n) is 7.76. The highest BCUT2D eigenvalue weighted by Crippen LogP contribution is 2.09. The standard InChI is InChI=1S/C10H18O.CH4/c1-9(2)5-4-6-10(3)7-8-11;/h5,8,10H,4,6-7H2,1-3H3;1H4. The summed E-state index contributed by atoms with van der Waals surface area (Å²) in [5.74, 6) is 0.545. The predicted octanol–water partition coefficient (Wildman–Crippen LogP) is 3.59. The molecule has 12 heavy (non-hydrogen) atoms. The van der Waals surface area contributed by atoms with Crippen LogP contribution in [0.15, 0.2) is 11.6 Å². The zero-order valence-corrected chi connectivity index (χ0v) is 7.76. The predicted molar refractivity (Wildman–Crippen MR) is 55.2 cm³/mol. The van der Waals surface area contributed by atoms with Gasteiger partial charge in [-0.25, -0.2) is 0 Å². The summed E-state index contributed by atoms with van der Waals surface area (Å²) in [6, 6.07) is 0. The number of rotatable bonds is 5. The van der Waals surface area contributed by atoms with Crippen molar-refractivity contribution in [2.45, 2.75) is 47.5 Å². The van der Waals surface area contributed by atoms with E-state index in [2.05, 4.69) is 26.8 Å². The smallest absolute Gasteiger partial charge is 0.120 e. The second kappa shape index (κ2) is 8.51. The van der Waals surface area contributed by atoms with Crippen LogP contribution in [0.25, 0.3) is 0 Å². The van der Waals surface area contributed by atoms with Gasteiger partial charge >= 0.3 is 0 Å². The summed E-state index contributed by atoms with van der Waals surface area (Å²) in [5.41, 5.74) is 1.36. The largest absolute Gasteiger partial charge is 0.303 e. The molecule has 0 fully saturated rings. The minimum atomic E-state index is 0. The normalized spacial score (nSPS) is 11.2. The lowest BCUT2D eigenvalue weighted by molar-refractivity contribution is -0.108. The van der Waals surface area contributed by atoms with Crippen LogP contribution in [-0.4, -0.2) is 6.29 Å². The van der Waals surface area contributed by atoms with Crippen LogP contribution < -0.4 is 0 Å². The van der Waals surface area contributed by atoms with Gasteiger partial charge in [-0.1, -0.05) is 26.0 Å². The molecule has 1 heteroatoms. The molecule has 0 aliphatic rings. The Morgan fingerprint density at radius 1 is 1.42 bits per heavy atom. The molecular weight excluding hydrogens is 148 g/mol. The first-order valence-corrected chi connectivity index (χ1v) is 4.23. The molecule has 0 saturated heterocycles. The Bertz CT molecular complexity index is 132. The van der Waals surface area contributed by atoms with Crippen LogP contribution in [0.2, 0.25) is 0 Å². The van der Waals surface area contributed by atoms with E-state index in [0.717, 1.165) is 19.1 Å².